The minimum Gasteiger partial charge on any atom is -0.447 e. The number of amides is 2. The molecule has 1 aromatic rings. The van der Waals surface area contributed by atoms with E-state index >= 15 is 0 Å². The van der Waals surface area contributed by atoms with Crippen molar-refractivity contribution in [2.75, 3.05) is 6.61 Å². The summed E-state index contributed by atoms with van der Waals surface area (Å²) in [6.07, 6.45) is 1.92. The van der Waals surface area contributed by atoms with Crippen LogP contribution in [0.15, 0.2) is 15.8 Å². The number of alkyl carbamates (subject to hydrolysis) is 2. The molecule has 0 aromatic carbocycles. The van der Waals surface area contributed by atoms with E-state index in [1.807, 2.05) is 0 Å². The number of H-pyrrole nitrogens is 1. The lowest BCUT2D eigenvalue weighted by Crippen LogP contribution is -2.37. The molecule has 0 unspecified atom stereocenters. The van der Waals surface area contributed by atoms with Gasteiger partial charge in [0, 0.05) is 30.3 Å². The van der Waals surface area contributed by atoms with E-state index < -0.39 is 41.9 Å². The van der Waals surface area contributed by atoms with Gasteiger partial charge in [-0.15, -0.1) is 0 Å². The van der Waals surface area contributed by atoms with Crippen molar-refractivity contribution in [1.29, 1.82) is 0 Å². The molecule has 0 radical (unpaired) electrons. The molecular weight excluding hydrogens is 384 g/mol. The van der Waals surface area contributed by atoms with Crippen LogP contribution in [0.1, 0.15) is 43.9 Å². The second-order valence-corrected chi connectivity index (χ2v) is 7.72. The summed E-state index contributed by atoms with van der Waals surface area (Å²) in [7, 11) is 0. The maximum atomic E-state index is 12.2. The molecule has 2 heterocycles. The van der Waals surface area contributed by atoms with Gasteiger partial charge < -0.3 is 24.8 Å². The molecule has 3 atom stereocenters. The van der Waals surface area contributed by atoms with Gasteiger partial charge in [0.1, 0.15) is 25.0 Å². The van der Waals surface area contributed by atoms with E-state index in [9.17, 15) is 19.2 Å². The second kappa shape index (κ2) is 7.90. The van der Waals surface area contributed by atoms with Crippen molar-refractivity contribution in [3.05, 3.63) is 32.6 Å². The van der Waals surface area contributed by atoms with Crippen molar-refractivity contribution in [2.24, 2.45) is 0 Å². The van der Waals surface area contributed by atoms with Crippen LogP contribution in [0, 0.1) is 6.92 Å². The van der Waals surface area contributed by atoms with E-state index in [2.05, 4.69) is 15.6 Å². The number of ether oxygens (including phenoxy) is 3. The highest BCUT2D eigenvalue weighted by Gasteiger charge is 2.41. The van der Waals surface area contributed by atoms with Crippen LogP contribution in [0.2, 0.25) is 0 Å². The highest BCUT2D eigenvalue weighted by atomic mass is 16.6. The van der Waals surface area contributed by atoms with Crippen LogP contribution in [0.25, 0.3) is 0 Å². The average Bonchev–Trinajstić information content (AvgIpc) is 3.58. The van der Waals surface area contributed by atoms with Crippen LogP contribution in [-0.2, 0) is 14.2 Å². The fourth-order valence-corrected chi connectivity index (χ4v) is 3.10. The molecule has 158 valence electrons. The van der Waals surface area contributed by atoms with E-state index in [4.69, 9.17) is 14.2 Å². The first kappa shape index (κ1) is 19.5. The molecule has 0 spiro atoms. The number of hydrogen-bond donors (Lipinski definition) is 3. The van der Waals surface area contributed by atoms with Crippen LogP contribution < -0.4 is 21.9 Å². The Morgan fingerprint density at radius 3 is 2.48 bits per heavy atom. The molecule has 1 aromatic heterocycles. The van der Waals surface area contributed by atoms with Crippen LogP contribution >= 0.6 is 0 Å². The maximum Gasteiger partial charge on any atom is 0.407 e. The average molecular weight is 408 g/mol. The van der Waals surface area contributed by atoms with E-state index in [0.717, 1.165) is 25.7 Å². The molecule has 3 aliphatic rings. The molecule has 2 saturated carbocycles. The van der Waals surface area contributed by atoms with Crippen molar-refractivity contribution in [2.45, 2.75) is 69.5 Å². The summed E-state index contributed by atoms with van der Waals surface area (Å²) < 4.78 is 17.8. The lowest BCUT2D eigenvalue weighted by Gasteiger charge is -2.19. The Bertz CT molecular complexity index is 902. The van der Waals surface area contributed by atoms with E-state index in [0.29, 0.717) is 5.56 Å². The number of nitrogens with one attached hydrogen (secondary N) is 3. The minimum atomic E-state index is -0.767. The Kier molecular flexibility index (Phi) is 5.31. The summed E-state index contributed by atoms with van der Waals surface area (Å²) in [6.45, 7) is 1.44. The predicted molar refractivity (Wildman–Crippen MR) is 98.5 cm³/mol. The van der Waals surface area contributed by atoms with Gasteiger partial charge >= 0.3 is 17.9 Å². The topological polar surface area (TPSA) is 141 Å². The Morgan fingerprint density at radius 2 is 1.83 bits per heavy atom. The minimum absolute atomic E-state index is 0.129. The van der Waals surface area contributed by atoms with Crippen LogP contribution in [0.3, 0.4) is 0 Å². The van der Waals surface area contributed by atoms with Gasteiger partial charge in [-0.2, -0.15) is 0 Å². The first-order valence-corrected chi connectivity index (χ1v) is 9.77. The van der Waals surface area contributed by atoms with Gasteiger partial charge in [0.25, 0.3) is 5.56 Å². The number of rotatable bonds is 6. The molecule has 11 nitrogen and oxygen atoms in total. The van der Waals surface area contributed by atoms with Gasteiger partial charge in [-0.1, -0.05) is 0 Å². The van der Waals surface area contributed by atoms with Gasteiger partial charge in [0.2, 0.25) is 0 Å². The lowest BCUT2D eigenvalue weighted by molar-refractivity contribution is -0.0513. The van der Waals surface area contributed by atoms with Crippen molar-refractivity contribution in [1.82, 2.24) is 20.2 Å². The Morgan fingerprint density at radius 1 is 1.17 bits per heavy atom. The summed E-state index contributed by atoms with van der Waals surface area (Å²) in [5.74, 6) is 0. The summed E-state index contributed by atoms with van der Waals surface area (Å²) in [5, 5.41) is 5.43. The lowest BCUT2D eigenvalue weighted by atomic mass is 10.2. The zero-order valence-corrected chi connectivity index (χ0v) is 16.0. The monoisotopic (exact) mass is 408 g/mol. The fourth-order valence-electron chi connectivity index (χ4n) is 3.10. The SMILES string of the molecule is Cc1cn([C@H]2C[C@H](OC(=O)NC3CC3)[C@@H](COC(=O)NC3CC3)O2)c(=O)[nH]c1=O. The number of carbonyl (C=O) groups is 2. The molecule has 1 aliphatic heterocycles. The zero-order valence-electron chi connectivity index (χ0n) is 16.0. The molecule has 29 heavy (non-hydrogen) atoms. The second-order valence-electron chi connectivity index (χ2n) is 7.72. The maximum absolute atomic E-state index is 12.2. The zero-order chi connectivity index (χ0) is 20.5. The Balaban J connectivity index is 1.44. The highest BCUT2D eigenvalue weighted by Crippen LogP contribution is 2.31. The quantitative estimate of drug-likeness (QED) is 0.614. The van der Waals surface area contributed by atoms with E-state index in [1.54, 1.807) is 6.92 Å². The molecule has 11 heteroatoms. The molecular formula is C18H24N4O7. The largest absolute Gasteiger partial charge is 0.447 e. The van der Waals surface area contributed by atoms with Gasteiger partial charge in [-0.25, -0.2) is 14.4 Å². The fraction of sp³-hybridized carbons (Fsp3) is 0.667. The molecule has 3 fully saturated rings. The summed E-state index contributed by atoms with van der Waals surface area (Å²) >= 11 is 0. The standard InChI is InChI=1S/C18H24N4O7/c1-9-7-22(16(24)21-15(9)23)14-6-12(29-18(26)20-11-4-5-11)13(28-14)8-27-17(25)19-10-2-3-10/h7,10-14H,2-6,8H2,1H3,(H,19,25)(H,20,26)(H,21,23,24)/t12-,13+,14+/m0/s1. The predicted octanol–water partition coefficient (Wildman–Crippen LogP) is 0.278. The third-order valence-corrected chi connectivity index (χ3v) is 5.07. The highest BCUT2D eigenvalue weighted by molar-refractivity contribution is 5.68. The van der Waals surface area contributed by atoms with Crippen LogP contribution in [0.4, 0.5) is 9.59 Å². The van der Waals surface area contributed by atoms with Crippen molar-refractivity contribution < 1.29 is 23.8 Å². The molecule has 3 N–H and O–H groups in total. The van der Waals surface area contributed by atoms with Gasteiger partial charge in [0.05, 0.1) is 0 Å². The summed E-state index contributed by atoms with van der Waals surface area (Å²) in [4.78, 5) is 49.9. The van der Waals surface area contributed by atoms with Gasteiger partial charge in [0.15, 0.2) is 0 Å². The van der Waals surface area contributed by atoms with Crippen LogP contribution in [-0.4, -0.2) is 52.6 Å². The van der Waals surface area contributed by atoms with E-state index in [1.165, 1.54) is 10.8 Å². The summed E-state index contributed by atoms with van der Waals surface area (Å²) in [6, 6.07) is 0.280. The first-order chi connectivity index (χ1) is 13.9. The first-order valence-electron chi connectivity index (χ1n) is 9.77. The number of nitrogens with zero attached hydrogens (tertiary/aromatic N) is 1. The smallest absolute Gasteiger partial charge is 0.407 e. The number of aromatic nitrogens is 2. The molecule has 2 aliphatic carbocycles. The molecule has 4 rings (SSSR count). The number of aromatic amines is 1. The number of hydrogen-bond acceptors (Lipinski definition) is 7. The van der Waals surface area contributed by atoms with Crippen molar-refractivity contribution >= 4 is 12.2 Å². The molecule has 0 bridgehead atoms. The summed E-state index contributed by atoms with van der Waals surface area (Å²) in [5.41, 5.74) is -0.752. The third-order valence-electron chi connectivity index (χ3n) is 5.07. The number of carbonyl (C=O) groups excluding carboxylic acids is 2. The Labute approximate surface area is 165 Å². The Hall–Kier alpha value is -2.82. The molecule has 2 amide bonds. The van der Waals surface area contributed by atoms with Gasteiger partial charge in [-0.3, -0.25) is 14.3 Å². The van der Waals surface area contributed by atoms with E-state index in [-0.39, 0.29) is 25.1 Å². The molecule has 1 saturated heterocycles. The normalized spacial score (nSPS) is 26.0. The van der Waals surface area contributed by atoms with Crippen molar-refractivity contribution in [3.8, 4) is 0 Å². The van der Waals surface area contributed by atoms with Crippen molar-refractivity contribution in [3.63, 3.8) is 0 Å². The van der Waals surface area contributed by atoms with Crippen LogP contribution in [0.5, 0.6) is 0 Å². The third kappa shape index (κ3) is 4.97. The number of aryl methyl sites for hydroxylation is 1. The van der Waals surface area contributed by atoms with Gasteiger partial charge in [-0.05, 0) is 32.6 Å².